The van der Waals surface area contributed by atoms with Crippen LogP contribution in [0.15, 0.2) is 48.5 Å². The van der Waals surface area contributed by atoms with E-state index in [4.69, 9.17) is 10.5 Å². The van der Waals surface area contributed by atoms with Gasteiger partial charge in [-0.2, -0.15) is 0 Å². The fourth-order valence-corrected chi connectivity index (χ4v) is 3.28. The first-order chi connectivity index (χ1) is 13.2. The van der Waals surface area contributed by atoms with Crippen LogP contribution in [0, 0.1) is 6.92 Å². The molecular weight excluding hydrogens is 334 g/mol. The van der Waals surface area contributed by atoms with Crippen molar-refractivity contribution < 1.29 is 4.74 Å². The third-order valence-electron chi connectivity index (χ3n) is 4.80. The molecule has 1 aromatic heterocycles. The van der Waals surface area contributed by atoms with Crippen LogP contribution in [0.3, 0.4) is 0 Å². The summed E-state index contributed by atoms with van der Waals surface area (Å²) < 4.78 is 5.77. The van der Waals surface area contributed by atoms with E-state index < -0.39 is 0 Å². The minimum atomic E-state index is 0.372. The largest absolute Gasteiger partial charge is 0.494 e. The van der Waals surface area contributed by atoms with E-state index in [-0.39, 0.29) is 0 Å². The highest BCUT2D eigenvalue weighted by Crippen LogP contribution is 2.19. The monoisotopic (exact) mass is 363 g/mol. The van der Waals surface area contributed by atoms with E-state index in [1.807, 2.05) is 30.3 Å². The van der Waals surface area contributed by atoms with Gasteiger partial charge >= 0.3 is 0 Å². The molecular formula is C23H29N3O. The molecule has 0 aliphatic heterocycles. The van der Waals surface area contributed by atoms with Gasteiger partial charge in [-0.05, 0) is 44.4 Å². The maximum Gasteiger partial charge on any atom is 0.220 e. The maximum absolute atomic E-state index is 5.84. The van der Waals surface area contributed by atoms with E-state index in [2.05, 4.69) is 35.1 Å². The van der Waals surface area contributed by atoms with Crippen LogP contribution in [-0.4, -0.2) is 16.6 Å². The Hall–Kier alpha value is -2.62. The molecule has 4 heteroatoms. The fraction of sp³-hybridized carbons (Fsp3) is 0.391. The van der Waals surface area contributed by atoms with Gasteiger partial charge in [0.25, 0.3) is 0 Å². The first-order valence-corrected chi connectivity index (χ1v) is 9.93. The van der Waals surface area contributed by atoms with Crippen molar-refractivity contribution in [1.29, 1.82) is 0 Å². The Morgan fingerprint density at radius 1 is 0.815 bits per heavy atom. The predicted molar refractivity (Wildman–Crippen MR) is 112 cm³/mol. The van der Waals surface area contributed by atoms with Crippen molar-refractivity contribution in [3.63, 3.8) is 0 Å². The van der Waals surface area contributed by atoms with Crippen LogP contribution in [0.5, 0.6) is 5.75 Å². The zero-order valence-corrected chi connectivity index (χ0v) is 16.2. The van der Waals surface area contributed by atoms with Crippen LogP contribution in [-0.2, 0) is 6.42 Å². The van der Waals surface area contributed by atoms with Crippen molar-refractivity contribution in [2.45, 2.75) is 51.9 Å². The summed E-state index contributed by atoms with van der Waals surface area (Å²) in [5.74, 6) is 1.34. The molecule has 0 spiro atoms. The van der Waals surface area contributed by atoms with Crippen LogP contribution in [0.25, 0.3) is 10.9 Å². The highest BCUT2D eigenvalue weighted by atomic mass is 16.5. The van der Waals surface area contributed by atoms with Gasteiger partial charge in [-0.25, -0.2) is 9.97 Å². The molecule has 0 bridgehead atoms. The lowest BCUT2D eigenvalue weighted by Crippen LogP contribution is -2.01. The summed E-state index contributed by atoms with van der Waals surface area (Å²) >= 11 is 0. The van der Waals surface area contributed by atoms with E-state index in [0.717, 1.165) is 48.2 Å². The Morgan fingerprint density at radius 3 is 2.33 bits per heavy atom. The highest BCUT2D eigenvalue weighted by Gasteiger charge is 2.05. The molecule has 0 unspecified atom stereocenters. The molecule has 0 aliphatic rings. The van der Waals surface area contributed by atoms with Crippen molar-refractivity contribution in [3.8, 4) is 5.75 Å². The normalized spacial score (nSPS) is 11.0. The molecule has 0 saturated carbocycles. The van der Waals surface area contributed by atoms with Crippen LogP contribution >= 0.6 is 0 Å². The summed E-state index contributed by atoms with van der Waals surface area (Å²) in [5.41, 5.74) is 9.11. The van der Waals surface area contributed by atoms with E-state index in [1.54, 1.807) is 0 Å². The zero-order valence-electron chi connectivity index (χ0n) is 16.2. The number of nitrogens with two attached hydrogens (primary N) is 1. The van der Waals surface area contributed by atoms with Crippen molar-refractivity contribution in [3.05, 3.63) is 59.8 Å². The van der Waals surface area contributed by atoms with Crippen LogP contribution in [0.4, 0.5) is 5.95 Å². The molecule has 27 heavy (non-hydrogen) atoms. The zero-order chi connectivity index (χ0) is 18.9. The van der Waals surface area contributed by atoms with Gasteiger partial charge in [0.2, 0.25) is 5.95 Å². The SMILES string of the molecule is Cc1ccc(OCCCCCCCCc2nc(N)nc3ccccc23)cc1. The second-order valence-electron chi connectivity index (χ2n) is 7.08. The molecule has 142 valence electrons. The number of benzene rings is 2. The quantitative estimate of drug-likeness (QED) is 0.484. The first kappa shape index (κ1) is 19.2. The molecule has 0 amide bonds. The molecule has 2 N–H and O–H groups in total. The first-order valence-electron chi connectivity index (χ1n) is 9.93. The second kappa shape index (κ2) is 9.91. The average Bonchev–Trinajstić information content (AvgIpc) is 2.68. The second-order valence-corrected chi connectivity index (χ2v) is 7.08. The third kappa shape index (κ3) is 5.95. The Labute approximate surface area is 161 Å². The summed E-state index contributed by atoms with van der Waals surface area (Å²) in [6, 6.07) is 16.4. The summed E-state index contributed by atoms with van der Waals surface area (Å²) in [4.78, 5) is 8.75. The minimum Gasteiger partial charge on any atom is -0.494 e. The summed E-state index contributed by atoms with van der Waals surface area (Å²) in [7, 11) is 0. The van der Waals surface area contributed by atoms with E-state index in [1.165, 1.54) is 31.2 Å². The molecule has 4 nitrogen and oxygen atoms in total. The van der Waals surface area contributed by atoms with Crippen LogP contribution in [0.2, 0.25) is 0 Å². The van der Waals surface area contributed by atoms with Crippen LogP contribution in [0.1, 0.15) is 49.8 Å². The maximum atomic E-state index is 5.84. The van der Waals surface area contributed by atoms with Crippen molar-refractivity contribution in [2.24, 2.45) is 0 Å². The summed E-state index contributed by atoms with van der Waals surface area (Å²) in [6.45, 7) is 2.89. The lowest BCUT2D eigenvalue weighted by Gasteiger charge is -2.07. The predicted octanol–water partition coefficient (Wildman–Crippen LogP) is 5.48. The number of unbranched alkanes of at least 4 members (excludes halogenated alkanes) is 5. The number of rotatable bonds is 10. The van der Waals surface area contributed by atoms with Crippen molar-refractivity contribution in [1.82, 2.24) is 9.97 Å². The molecule has 2 aromatic carbocycles. The number of nitrogens with zero attached hydrogens (tertiary/aromatic N) is 2. The molecule has 3 rings (SSSR count). The van der Waals surface area contributed by atoms with Gasteiger partial charge < -0.3 is 10.5 Å². The smallest absolute Gasteiger partial charge is 0.220 e. The van der Waals surface area contributed by atoms with Crippen molar-refractivity contribution in [2.75, 3.05) is 12.3 Å². The standard InChI is InChI=1S/C23H29N3O/c1-18-13-15-19(16-14-18)27-17-9-5-3-2-4-6-11-21-20-10-7-8-12-22(20)26-23(24)25-21/h7-8,10,12-16H,2-6,9,11,17H2,1H3,(H2,24,25,26). The highest BCUT2D eigenvalue weighted by molar-refractivity contribution is 5.81. The number of hydrogen-bond donors (Lipinski definition) is 1. The van der Waals surface area contributed by atoms with Gasteiger partial charge in [0.1, 0.15) is 5.75 Å². The molecule has 0 fully saturated rings. The number of aryl methyl sites for hydroxylation is 2. The van der Waals surface area contributed by atoms with E-state index in [9.17, 15) is 0 Å². The van der Waals surface area contributed by atoms with Crippen LogP contribution < -0.4 is 10.5 Å². The van der Waals surface area contributed by atoms with E-state index in [0.29, 0.717) is 5.95 Å². The lowest BCUT2D eigenvalue weighted by atomic mass is 10.1. The van der Waals surface area contributed by atoms with E-state index >= 15 is 0 Å². The number of ether oxygens (including phenoxy) is 1. The topological polar surface area (TPSA) is 61.0 Å². The Kier molecular flexibility index (Phi) is 7.03. The number of fused-ring (bicyclic) bond motifs is 1. The van der Waals surface area contributed by atoms with Gasteiger partial charge in [0.15, 0.2) is 0 Å². The van der Waals surface area contributed by atoms with Gasteiger partial charge in [-0.15, -0.1) is 0 Å². The molecule has 0 radical (unpaired) electrons. The Morgan fingerprint density at radius 2 is 1.52 bits per heavy atom. The number of para-hydroxylation sites is 1. The fourth-order valence-electron chi connectivity index (χ4n) is 3.28. The lowest BCUT2D eigenvalue weighted by molar-refractivity contribution is 0.304. The molecule has 0 atom stereocenters. The number of aromatic nitrogens is 2. The molecule has 1 heterocycles. The summed E-state index contributed by atoms with van der Waals surface area (Å²) in [6.07, 6.45) is 8.16. The van der Waals surface area contributed by atoms with Gasteiger partial charge in [0, 0.05) is 5.39 Å². The average molecular weight is 364 g/mol. The summed E-state index contributed by atoms with van der Waals surface area (Å²) in [5, 5.41) is 1.12. The van der Waals surface area contributed by atoms with Gasteiger partial charge in [-0.1, -0.05) is 61.6 Å². The third-order valence-corrected chi connectivity index (χ3v) is 4.80. The molecule has 0 aliphatic carbocycles. The molecule has 3 aromatic rings. The van der Waals surface area contributed by atoms with Gasteiger partial charge in [-0.3, -0.25) is 0 Å². The number of hydrogen-bond acceptors (Lipinski definition) is 4. The van der Waals surface area contributed by atoms with Gasteiger partial charge in [0.05, 0.1) is 17.8 Å². The number of anilines is 1. The Balaban J connectivity index is 1.29. The van der Waals surface area contributed by atoms with Crippen molar-refractivity contribution >= 4 is 16.9 Å². The number of nitrogen functional groups attached to an aromatic ring is 1. The Bertz CT molecular complexity index is 846. The minimum absolute atomic E-state index is 0.372. The molecule has 0 saturated heterocycles.